The van der Waals surface area contributed by atoms with E-state index in [9.17, 15) is 4.79 Å². The zero-order chi connectivity index (χ0) is 14.8. The number of nitrogens with zero attached hydrogens (tertiary/aromatic N) is 1. The van der Waals surface area contributed by atoms with Crippen LogP contribution >= 0.6 is 12.4 Å². The van der Waals surface area contributed by atoms with Crippen LogP contribution in [-0.4, -0.2) is 37.0 Å². The highest BCUT2D eigenvalue weighted by Gasteiger charge is 2.20. The van der Waals surface area contributed by atoms with E-state index >= 15 is 0 Å². The van der Waals surface area contributed by atoms with Gasteiger partial charge in [0, 0.05) is 19.0 Å². The van der Waals surface area contributed by atoms with E-state index < -0.39 is 0 Å². The molecule has 1 unspecified atom stereocenters. The van der Waals surface area contributed by atoms with Gasteiger partial charge in [0.1, 0.15) is 0 Å². The number of nitrogens with one attached hydrogen (secondary N) is 1. The fourth-order valence-corrected chi connectivity index (χ4v) is 2.56. The second-order valence-electron chi connectivity index (χ2n) is 5.14. The summed E-state index contributed by atoms with van der Waals surface area (Å²) in [7, 11) is 1.92. The van der Waals surface area contributed by atoms with Gasteiger partial charge in [-0.15, -0.1) is 12.4 Å². The molecule has 1 N–H and O–H groups in total. The summed E-state index contributed by atoms with van der Waals surface area (Å²) in [6, 6.07) is 10.7. The molecule has 0 spiro atoms. The topological polar surface area (TPSA) is 32.3 Å². The van der Waals surface area contributed by atoms with Crippen LogP contribution in [0.5, 0.6) is 0 Å². The minimum absolute atomic E-state index is 0. The summed E-state index contributed by atoms with van der Waals surface area (Å²) < 4.78 is 0. The Morgan fingerprint density at radius 2 is 1.90 bits per heavy atom. The molecule has 120 valence electrons. The van der Waals surface area contributed by atoms with Gasteiger partial charge in [0.25, 0.3) is 0 Å². The maximum absolute atomic E-state index is 12.3. The lowest BCUT2D eigenvalue weighted by Crippen LogP contribution is -2.41. The van der Waals surface area contributed by atoms with Crippen molar-refractivity contribution >= 4 is 18.3 Å². The minimum Gasteiger partial charge on any atom is -0.340 e. The fraction of sp³-hybridized carbons (Fsp3) is 0.588. The highest BCUT2D eigenvalue weighted by Crippen LogP contribution is 2.14. The van der Waals surface area contributed by atoms with Gasteiger partial charge in [-0.25, -0.2) is 0 Å². The van der Waals surface area contributed by atoms with Crippen molar-refractivity contribution in [3.8, 4) is 0 Å². The van der Waals surface area contributed by atoms with Crippen LogP contribution in [0.1, 0.15) is 38.7 Å². The molecule has 0 aliphatic rings. The lowest BCUT2D eigenvalue weighted by Gasteiger charge is -2.30. The van der Waals surface area contributed by atoms with Crippen LogP contribution in [0, 0.1) is 0 Å². The van der Waals surface area contributed by atoms with Crippen LogP contribution in [-0.2, 0) is 11.2 Å². The molecule has 1 rings (SSSR count). The monoisotopic (exact) mass is 312 g/mol. The molecule has 0 radical (unpaired) electrons. The number of carbonyl (C=O) groups excluding carboxylic acids is 1. The Hall–Kier alpha value is -1.06. The lowest BCUT2D eigenvalue weighted by molar-refractivity contribution is -0.133. The van der Waals surface area contributed by atoms with Crippen molar-refractivity contribution in [1.29, 1.82) is 0 Å². The Labute approximate surface area is 135 Å². The van der Waals surface area contributed by atoms with Crippen molar-refractivity contribution in [2.45, 2.75) is 45.6 Å². The second-order valence-corrected chi connectivity index (χ2v) is 5.14. The summed E-state index contributed by atoms with van der Waals surface area (Å²) in [5.41, 5.74) is 1.31. The van der Waals surface area contributed by atoms with Gasteiger partial charge >= 0.3 is 0 Å². The molecule has 0 aromatic heterocycles. The summed E-state index contributed by atoms with van der Waals surface area (Å²) in [6.45, 7) is 5.93. The van der Waals surface area contributed by atoms with Crippen molar-refractivity contribution in [1.82, 2.24) is 10.2 Å². The first-order valence-corrected chi connectivity index (χ1v) is 7.70. The zero-order valence-corrected chi connectivity index (χ0v) is 14.3. The lowest BCUT2D eigenvalue weighted by atomic mass is 10.0. The smallest absolute Gasteiger partial charge is 0.222 e. The minimum atomic E-state index is 0. The molecule has 21 heavy (non-hydrogen) atoms. The average Bonchev–Trinajstić information content (AvgIpc) is 2.48. The molecule has 1 aromatic rings. The quantitative estimate of drug-likeness (QED) is 0.710. The predicted octanol–water partition coefficient (Wildman–Crippen LogP) is 3.28. The van der Waals surface area contributed by atoms with Crippen molar-refractivity contribution in [2.24, 2.45) is 0 Å². The maximum Gasteiger partial charge on any atom is 0.222 e. The number of hydrogen-bond donors (Lipinski definition) is 1. The third kappa shape index (κ3) is 6.96. The maximum atomic E-state index is 12.3. The molecule has 0 saturated heterocycles. The molecule has 0 fully saturated rings. The second kappa shape index (κ2) is 11.6. The third-order valence-corrected chi connectivity index (χ3v) is 3.70. The molecule has 0 aliphatic heterocycles. The summed E-state index contributed by atoms with van der Waals surface area (Å²) in [5, 5.41) is 3.09. The van der Waals surface area contributed by atoms with Crippen molar-refractivity contribution in [2.75, 3.05) is 20.1 Å². The summed E-state index contributed by atoms with van der Waals surface area (Å²) in [5.74, 6) is 0.283. The first-order valence-electron chi connectivity index (χ1n) is 7.70. The van der Waals surface area contributed by atoms with Crippen molar-refractivity contribution in [3.63, 3.8) is 0 Å². The van der Waals surface area contributed by atoms with E-state index in [0.29, 0.717) is 12.5 Å². The van der Waals surface area contributed by atoms with Crippen molar-refractivity contribution in [3.05, 3.63) is 35.9 Å². The van der Waals surface area contributed by atoms with Gasteiger partial charge in [-0.05, 0) is 45.3 Å². The van der Waals surface area contributed by atoms with Crippen LogP contribution in [0.25, 0.3) is 0 Å². The summed E-state index contributed by atoms with van der Waals surface area (Å²) in [6.07, 6.45) is 3.50. The molecular formula is C17H29ClN2O. The Balaban J connectivity index is 0.00000400. The number of amides is 1. The van der Waals surface area contributed by atoms with E-state index in [2.05, 4.69) is 43.4 Å². The number of rotatable bonds is 9. The van der Waals surface area contributed by atoms with Gasteiger partial charge in [-0.2, -0.15) is 0 Å². The number of carbonyl (C=O) groups is 1. The SMILES string of the molecule is CCC(Cc1ccccc1)N(CC)C(=O)CCCNC.Cl. The van der Waals surface area contributed by atoms with Gasteiger partial charge in [0.15, 0.2) is 0 Å². The zero-order valence-electron chi connectivity index (χ0n) is 13.5. The molecular weight excluding hydrogens is 284 g/mol. The van der Waals surface area contributed by atoms with E-state index in [0.717, 1.165) is 32.4 Å². The van der Waals surface area contributed by atoms with Crippen LogP contribution < -0.4 is 5.32 Å². The number of halogens is 1. The Bertz CT molecular complexity index is 384. The number of benzene rings is 1. The largest absolute Gasteiger partial charge is 0.340 e. The molecule has 1 atom stereocenters. The fourth-order valence-electron chi connectivity index (χ4n) is 2.56. The molecule has 0 heterocycles. The summed E-state index contributed by atoms with van der Waals surface area (Å²) in [4.78, 5) is 14.4. The molecule has 1 amide bonds. The number of likely N-dealkylation sites (N-methyl/N-ethyl adjacent to an activating group) is 1. The van der Waals surface area contributed by atoms with Gasteiger partial charge in [0.05, 0.1) is 0 Å². The first-order chi connectivity index (χ1) is 9.72. The van der Waals surface area contributed by atoms with Gasteiger partial charge in [-0.1, -0.05) is 37.3 Å². The third-order valence-electron chi connectivity index (χ3n) is 3.70. The molecule has 3 nitrogen and oxygen atoms in total. The highest BCUT2D eigenvalue weighted by atomic mass is 35.5. The molecule has 0 bridgehead atoms. The van der Waals surface area contributed by atoms with Crippen molar-refractivity contribution < 1.29 is 4.79 Å². The van der Waals surface area contributed by atoms with E-state index in [1.807, 2.05) is 18.0 Å². The van der Waals surface area contributed by atoms with E-state index in [-0.39, 0.29) is 18.3 Å². The molecule has 1 aromatic carbocycles. The average molecular weight is 313 g/mol. The predicted molar refractivity (Wildman–Crippen MR) is 92.0 cm³/mol. The van der Waals surface area contributed by atoms with E-state index in [4.69, 9.17) is 0 Å². The van der Waals surface area contributed by atoms with Gasteiger partial charge in [0.2, 0.25) is 5.91 Å². The molecule has 0 aliphatic carbocycles. The Morgan fingerprint density at radius 1 is 1.24 bits per heavy atom. The Morgan fingerprint density at radius 3 is 2.43 bits per heavy atom. The standard InChI is InChI=1S/C17H28N2O.ClH/c1-4-16(14-15-10-7-6-8-11-15)19(5-2)17(20)12-9-13-18-3;/h6-8,10-11,16,18H,4-5,9,12-14H2,1-3H3;1H. The number of hydrogen-bond acceptors (Lipinski definition) is 2. The van der Waals surface area contributed by atoms with E-state index in [1.165, 1.54) is 5.56 Å². The molecule has 4 heteroatoms. The normalized spacial score (nSPS) is 11.6. The molecule has 0 saturated carbocycles. The van der Waals surface area contributed by atoms with Crippen LogP contribution in [0.4, 0.5) is 0 Å². The van der Waals surface area contributed by atoms with Crippen LogP contribution in [0.2, 0.25) is 0 Å². The van der Waals surface area contributed by atoms with Crippen LogP contribution in [0.3, 0.4) is 0 Å². The summed E-state index contributed by atoms with van der Waals surface area (Å²) >= 11 is 0. The highest BCUT2D eigenvalue weighted by molar-refractivity contribution is 5.85. The van der Waals surface area contributed by atoms with Gasteiger partial charge < -0.3 is 10.2 Å². The van der Waals surface area contributed by atoms with Gasteiger partial charge in [-0.3, -0.25) is 4.79 Å². The first kappa shape index (κ1) is 19.9. The van der Waals surface area contributed by atoms with Crippen LogP contribution in [0.15, 0.2) is 30.3 Å². The Kier molecular flexibility index (Phi) is 11.0. The van der Waals surface area contributed by atoms with E-state index in [1.54, 1.807) is 0 Å².